The Morgan fingerprint density at radius 2 is 2.06 bits per heavy atom. The fourth-order valence-electron chi connectivity index (χ4n) is 1.39. The summed E-state index contributed by atoms with van der Waals surface area (Å²) in [6, 6.07) is -0.773. The summed E-state index contributed by atoms with van der Waals surface area (Å²) in [5.41, 5.74) is 0.948. The monoisotopic (exact) mass is 248 g/mol. The van der Waals surface area contributed by atoms with Crippen LogP contribution in [0.5, 0.6) is 0 Å². The van der Waals surface area contributed by atoms with E-state index in [1.807, 2.05) is 20.8 Å². The Balaban J connectivity index is 2.60. The Hall–Kier alpha value is -0.550. The molecule has 1 rings (SSSR count). The molecule has 16 heavy (non-hydrogen) atoms. The van der Waals surface area contributed by atoms with E-state index in [-0.39, 0.29) is 0 Å². The van der Waals surface area contributed by atoms with Gasteiger partial charge in [0.2, 0.25) is 0 Å². The van der Waals surface area contributed by atoms with E-state index in [9.17, 15) is 8.78 Å². The van der Waals surface area contributed by atoms with E-state index in [1.54, 1.807) is 0 Å². The molecule has 0 spiro atoms. The first-order valence-electron chi connectivity index (χ1n) is 5.49. The van der Waals surface area contributed by atoms with Gasteiger partial charge in [0.25, 0.3) is 6.43 Å². The number of thiazole rings is 1. The lowest BCUT2D eigenvalue weighted by Crippen LogP contribution is -2.37. The number of alkyl halides is 2. The molecule has 2 nitrogen and oxygen atoms in total. The summed E-state index contributed by atoms with van der Waals surface area (Å²) in [5.74, 6) is 0. The summed E-state index contributed by atoms with van der Waals surface area (Å²) in [4.78, 5) is 5.40. The minimum absolute atomic E-state index is 0.316. The van der Waals surface area contributed by atoms with Gasteiger partial charge in [0.1, 0.15) is 0 Å². The van der Waals surface area contributed by atoms with Crippen LogP contribution in [0.2, 0.25) is 0 Å². The quantitative estimate of drug-likeness (QED) is 0.837. The van der Waals surface area contributed by atoms with Crippen molar-refractivity contribution in [3.05, 3.63) is 15.6 Å². The van der Waals surface area contributed by atoms with Crippen molar-refractivity contribution < 1.29 is 8.78 Å². The van der Waals surface area contributed by atoms with Crippen molar-refractivity contribution in [1.82, 2.24) is 10.3 Å². The van der Waals surface area contributed by atoms with Gasteiger partial charge in [-0.3, -0.25) is 0 Å². The summed E-state index contributed by atoms with van der Waals surface area (Å²) in [6.07, 6.45) is -1.16. The third-order valence-electron chi connectivity index (χ3n) is 2.43. The SMILES string of the molecule is CCCNC(Cc1nc(C)c(C)s1)C(F)F. The molecule has 0 aromatic carbocycles. The smallest absolute Gasteiger partial charge is 0.254 e. The molecule has 0 bridgehead atoms. The molecule has 0 aliphatic rings. The molecule has 0 fully saturated rings. The fraction of sp³-hybridized carbons (Fsp3) is 0.727. The van der Waals surface area contributed by atoms with Crippen LogP contribution in [0.3, 0.4) is 0 Å². The van der Waals surface area contributed by atoms with Crippen LogP contribution >= 0.6 is 11.3 Å². The van der Waals surface area contributed by atoms with Gasteiger partial charge in [-0.05, 0) is 26.8 Å². The Kier molecular flexibility index (Phi) is 5.28. The molecule has 92 valence electrons. The molecule has 0 aliphatic carbocycles. The number of nitrogens with one attached hydrogen (secondary N) is 1. The van der Waals surface area contributed by atoms with E-state index < -0.39 is 12.5 Å². The zero-order valence-corrected chi connectivity index (χ0v) is 10.7. The van der Waals surface area contributed by atoms with Crippen molar-refractivity contribution in [3.63, 3.8) is 0 Å². The average molecular weight is 248 g/mol. The lowest BCUT2D eigenvalue weighted by Gasteiger charge is -2.15. The third kappa shape index (κ3) is 3.79. The minimum atomic E-state index is -2.34. The maximum Gasteiger partial charge on any atom is 0.254 e. The molecule has 1 N–H and O–H groups in total. The molecule has 1 unspecified atom stereocenters. The first-order chi connectivity index (χ1) is 7.54. The average Bonchev–Trinajstić information content (AvgIpc) is 2.52. The second-order valence-electron chi connectivity index (χ2n) is 3.85. The summed E-state index contributed by atoms with van der Waals surface area (Å²) in [5, 5.41) is 3.66. The van der Waals surface area contributed by atoms with Crippen molar-refractivity contribution >= 4 is 11.3 Å². The van der Waals surface area contributed by atoms with Gasteiger partial charge in [-0.15, -0.1) is 11.3 Å². The van der Waals surface area contributed by atoms with Crippen molar-refractivity contribution in [2.45, 2.75) is 46.1 Å². The Bertz CT molecular complexity index is 306. The second-order valence-corrected chi connectivity index (χ2v) is 5.14. The standard InChI is InChI=1S/C11H18F2N2S/c1-4-5-14-9(11(12)13)6-10-15-7(2)8(3)16-10/h9,11,14H,4-6H2,1-3H3. The van der Waals surface area contributed by atoms with E-state index in [0.717, 1.165) is 22.0 Å². The van der Waals surface area contributed by atoms with Gasteiger partial charge < -0.3 is 5.32 Å². The van der Waals surface area contributed by atoms with Crippen molar-refractivity contribution in [2.75, 3.05) is 6.54 Å². The van der Waals surface area contributed by atoms with E-state index >= 15 is 0 Å². The van der Waals surface area contributed by atoms with Crippen LogP contribution in [-0.4, -0.2) is 24.0 Å². The van der Waals surface area contributed by atoms with Crippen LogP contribution in [-0.2, 0) is 6.42 Å². The number of halogens is 2. The third-order valence-corrected chi connectivity index (χ3v) is 3.52. The molecule has 0 saturated carbocycles. The van der Waals surface area contributed by atoms with Crippen LogP contribution in [0.4, 0.5) is 8.78 Å². The van der Waals surface area contributed by atoms with Gasteiger partial charge >= 0.3 is 0 Å². The van der Waals surface area contributed by atoms with E-state index in [1.165, 1.54) is 11.3 Å². The van der Waals surface area contributed by atoms with Crippen LogP contribution < -0.4 is 5.32 Å². The highest BCUT2D eigenvalue weighted by molar-refractivity contribution is 7.11. The fourth-order valence-corrected chi connectivity index (χ4v) is 2.39. The minimum Gasteiger partial charge on any atom is -0.309 e. The molecule has 1 heterocycles. The predicted molar refractivity (Wildman–Crippen MR) is 63.4 cm³/mol. The number of hydrogen-bond acceptors (Lipinski definition) is 3. The molecular weight excluding hydrogens is 230 g/mol. The highest BCUT2D eigenvalue weighted by Crippen LogP contribution is 2.19. The zero-order chi connectivity index (χ0) is 12.1. The highest BCUT2D eigenvalue weighted by Gasteiger charge is 2.21. The van der Waals surface area contributed by atoms with E-state index in [0.29, 0.717) is 13.0 Å². The van der Waals surface area contributed by atoms with Gasteiger partial charge in [0.05, 0.1) is 16.7 Å². The van der Waals surface area contributed by atoms with Gasteiger partial charge in [-0.25, -0.2) is 13.8 Å². The molecule has 5 heteroatoms. The van der Waals surface area contributed by atoms with Gasteiger partial charge in [0, 0.05) is 11.3 Å². The first kappa shape index (κ1) is 13.5. The van der Waals surface area contributed by atoms with Crippen LogP contribution in [0.15, 0.2) is 0 Å². The summed E-state index contributed by atoms with van der Waals surface area (Å²) in [7, 11) is 0. The largest absolute Gasteiger partial charge is 0.309 e. The van der Waals surface area contributed by atoms with Crippen molar-refractivity contribution in [2.24, 2.45) is 0 Å². The maximum absolute atomic E-state index is 12.7. The zero-order valence-electron chi connectivity index (χ0n) is 9.89. The number of rotatable bonds is 6. The topological polar surface area (TPSA) is 24.9 Å². The van der Waals surface area contributed by atoms with E-state index in [2.05, 4.69) is 10.3 Å². The van der Waals surface area contributed by atoms with Crippen molar-refractivity contribution in [1.29, 1.82) is 0 Å². The van der Waals surface area contributed by atoms with Crippen molar-refractivity contribution in [3.8, 4) is 0 Å². The number of aryl methyl sites for hydroxylation is 2. The highest BCUT2D eigenvalue weighted by atomic mass is 32.1. The summed E-state index contributed by atoms with van der Waals surface area (Å²) < 4.78 is 25.5. The van der Waals surface area contributed by atoms with Gasteiger partial charge in [-0.2, -0.15) is 0 Å². The normalized spacial score (nSPS) is 13.4. The molecule has 1 atom stereocenters. The Morgan fingerprint density at radius 3 is 2.50 bits per heavy atom. The Labute approximate surface area is 99.1 Å². The molecule has 0 saturated heterocycles. The predicted octanol–water partition coefficient (Wildman–Crippen LogP) is 2.94. The van der Waals surface area contributed by atoms with Crippen LogP contribution in [0, 0.1) is 13.8 Å². The van der Waals surface area contributed by atoms with E-state index in [4.69, 9.17) is 0 Å². The molecule has 0 aliphatic heterocycles. The van der Waals surface area contributed by atoms with Crippen LogP contribution in [0.1, 0.15) is 28.9 Å². The molecule has 1 aromatic rings. The molecular formula is C11H18F2N2S. The lowest BCUT2D eigenvalue weighted by atomic mass is 10.2. The van der Waals surface area contributed by atoms with Crippen LogP contribution in [0.25, 0.3) is 0 Å². The van der Waals surface area contributed by atoms with Gasteiger partial charge in [0.15, 0.2) is 0 Å². The Morgan fingerprint density at radius 1 is 1.38 bits per heavy atom. The maximum atomic E-state index is 12.7. The number of nitrogens with zero attached hydrogens (tertiary/aromatic N) is 1. The van der Waals surface area contributed by atoms with Gasteiger partial charge in [-0.1, -0.05) is 6.92 Å². The molecule has 1 aromatic heterocycles. The first-order valence-corrected chi connectivity index (χ1v) is 6.30. The second kappa shape index (κ2) is 6.25. The number of aromatic nitrogens is 1. The summed E-state index contributed by atoms with van der Waals surface area (Å²) >= 11 is 1.51. The molecule has 0 amide bonds. The molecule has 0 radical (unpaired) electrons. The lowest BCUT2D eigenvalue weighted by molar-refractivity contribution is 0.0982. The summed E-state index contributed by atoms with van der Waals surface area (Å²) in [6.45, 7) is 6.46. The number of hydrogen-bond donors (Lipinski definition) is 1.